The lowest BCUT2D eigenvalue weighted by molar-refractivity contribution is 0.0877. The van der Waals surface area contributed by atoms with Gasteiger partial charge >= 0.3 is 0 Å². The van der Waals surface area contributed by atoms with Crippen molar-refractivity contribution >= 4 is 23.1 Å². The third-order valence-electron chi connectivity index (χ3n) is 5.63. The molecule has 25 heavy (non-hydrogen) atoms. The molecule has 4 N–H and O–H groups in total. The fraction of sp³-hybridized carbons (Fsp3) is 0.389. The first-order valence-electron chi connectivity index (χ1n) is 8.71. The number of fused-ring (bicyclic) bond motifs is 4. The minimum absolute atomic E-state index is 0.131. The van der Waals surface area contributed by atoms with Crippen molar-refractivity contribution in [1.29, 1.82) is 0 Å². The molecule has 1 aliphatic carbocycles. The molecule has 1 spiro atoms. The van der Waals surface area contributed by atoms with E-state index in [2.05, 4.69) is 15.6 Å². The van der Waals surface area contributed by atoms with Crippen molar-refractivity contribution in [2.75, 3.05) is 11.1 Å². The van der Waals surface area contributed by atoms with Gasteiger partial charge in [0.1, 0.15) is 22.9 Å². The molecule has 0 aromatic carbocycles. The van der Waals surface area contributed by atoms with E-state index in [0.717, 1.165) is 48.9 Å². The van der Waals surface area contributed by atoms with Gasteiger partial charge in [0.05, 0.1) is 0 Å². The average molecular weight is 337 g/mol. The van der Waals surface area contributed by atoms with Crippen molar-refractivity contribution in [3.63, 3.8) is 0 Å². The highest BCUT2D eigenvalue weighted by Crippen LogP contribution is 2.39. The molecule has 128 valence electrons. The summed E-state index contributed by atoms with van der Waals surface area (Å²) in [7, 11) is 0. The third-order valence-corrected chi connectivity index (χ3v) is 5.63. The molecule has 0 bridgehead atoms. The predicted octanol–water partition coefficient (Wildman–Crippen LogP) is 1.83. The van der Waals surface area contributed by atoms with E-state index in [9.17, 15) is 9.59 Å². The zero-order valence-corrected chi connectivity index (χ0v) is 13.8. The number of carbonyl (C=O) groups excluding carboxylic acids is 1. The zero-order valence-electron chi connectivity index (χ0n) is 13.8. The van der Waals surface area contributed by atoms with Gasteiger partial charge in [-0.05, 0) is 42.9 Å². The SMILES string of the molecule is Nc1cc2c(cn1)Cc1cc3n(c(=O)c1N2)C1(CCCCC1)NC3=O. The first-order chi connectivity index (χ1) is 12.1. The van der Waals surface area contributed by atoms with Crippen molar-refractivity contribution in [2.45, 2.75) is 44.2 Å². The lowest BCUT2D eigenvalue weighted by Crippen LogP contribution is -2.49. The number of nitrogens with zero attached hydrogens (tertiary/aromatic N) is 2. The molecule has 0 atom stereocenters. The smallest absolute Gasteiger partial charge is 0.277 e. The maximum Gasteiger partial charge on any atom is 0.277 e. The lowest BCUT2D eigenvalue weighted by atomic mass is 9.89. The summed E-state index contributed by atoms with van der Waals surface area (Å²) in [5.41, 5.74) is 8.71. The summed E-state index contributed by atoms with van der Waals surface area (Å²) in [5, 5.41) is 6.32. The van der Waals surface area contributed by atoms with Gasteiger partial charge in [0.15, 0.2) is 0 Å². The van der Waals surface area contributed by atoms with Crippen LogP contribution < -0.4 is 21.9 Å². The van der Waals surface area contributed by atoms with Crippen LogP contribution in [0.2, 0.25) is 0 Å². The first kappa shape index (κ1) is 14.5. The molecule has 2 aromatic heterocycles. The van der Waals surface area contributed by atoms with Crippen LogP contribution in [0.15, 0.2) is 23.1 Å². The Morgan fingerprint density at radius 3 is 2.72 bits per heavy atom. The summed E-state index contributed by atoms with van der Waals surface area (Å²) in [6, 6.07) is 3.59. The van der Waals surface area contributed by atoms with Crippen molar-refractivity contribution in [2.24, 2.45) is 0 Å². The Labute approximate surface area is 144 Å². The Kier molecular flexibility index (Phi) is 2.81. The number of carbonyl (C=O) groups is 1. The van der Waals surface area contributed by atoms with E-state index >= 15 is 0 Å². The quantitative estimate of drug-likeness (QED) is 0.581. The summed E-state index contributed by atoms with van der Waals surface area (Å²) < 4.78 is 1.69. The number of nitrogen functional groups attached to an aromatic ring is 1. The minimum atomic E-state index is -0.560. The van der Waals surface area contributed by atoms with Gasteiger partial charge in [-0.15, -0.1) is 0 Å². The molecule has 5 rings (SSSR count). The number of hydrogen-bond acceptors (Lipinski definition) is 5. The molecule has 0 radical (unpaired) electrons. The summed E-state index contributed by atoms with van der Waals surface area (Å²) in [6.45, 7) is 0. The van der Waals surface area contributed by atoms with E-state index < -0.39 is 5.66 Å². The van der Waals surface area contributed by atoms with E-state index in [1.807, 2.05) is 6.07 Å². The second-order valence-corrected chi connectivity index (χ2v) is 7.18. The molecule has 0 saturated heterocycles. The van der Waals surface area contributed by atoms with Crippen molar-refractivity contribution in [1.82, 2.24) is 14.9 Å². The fourth-order valence-electron chi connectivity index (χ4n) is 4.44. The molecular weight excluding hydrogens is 318 g/mol. The molecular formula is C18H19N5O2. The Bertz CT molecular complexity index is 972. The maximum absolute atomic E-state index is 13.3. The van der Waals surface area contributed by atoms with Crippen molar-refractivity contribution < 1.29 is 4.79 Å². The molecule has 2 aliphatic heterocycles. The van der Waals surface area contributed by atoms with Crippen molar-refractivity contribution in [3.8, 4) is 0 Å². The molecule has 7 heteroatoms. The van der Waals surface area contributed by atoms with E-state index in [1.165, 1.54) is 0 Å². The van der Waals surface area contributed by atoms with Crippen LogP contribution in [0.5, 0.6) is 0 Å². The van der Waals surface area contributed by atoms with Crippen LogP contribution in [0.25, 0.3) is 0 Å². The highest BCUT2D eigenvalue weighted by atomic mass is 16.2. The van der Waals surface area contributed by atoms with Crippen LogP contribution in [-0.2, 0) is 12.1 Å². The fourth-order valence-corrected chi connectivity index (χ4v) is 4.44. The summed E-state index contributed by atoms with van der Waals surface area (Å²) >= 11 is 0. The van der Waals surface area contributed by atoms with E-state index in [1.54, 1.807) is 16.8 Å². The molecule has 7 nitrogen and oxygen atoms in total. The van der Waals surface area contributed by atoms with E-state index in [-0.39, 0.29) is 11.5 Å². The molecule has 3 aliphatic rings. The van der Waals surface area contributed by atoms with Crippen LogP contribution >= 0.6 is 0 Å². The number of nitrogens with two attached hydrogens (primary N) is 1. The number of amides is 1. The molecule has 0 unspecified atom stereocenters. The van der Waals surface area contributed by atoms with Gasteiger partial charge in [-0.2, -0.15) is 0 Å². The van der Waals surface area contributed by atoms with Gasteiger partial charge in [-0.3, -0.25) is 14.2 Å². The summed E-state index contributed by atoms with van der Waals surface area (Å²) in [6.07, 6.45) is 7.06. The molecule has 4 heterocycles. The van der Waals surface area contributed by atoms with Crippen molar-refractivity contribution in [3.05, 3.63) is 45.5 Å². The molecule has 1 amide bonds. The normalized spacial score (nSPS) is 19.6. The Hall–Kier alpha value is -2.83. The molecule has 1 saturated carbocycles. The van der Waals surface area contributed by atoms with Gasteiger partial charge in [0.2, 0.25) is 0 Å². The minimum Gasteiger partial charge on any atom is -0.384 e. The first-order valence-corrected chi connectivity index (χ1v) is 8.71. The van der Waals surface area contributed by atoms with Crippen LogP contribution in [0, 0.1) is 0 Å². The zero-order chi connectivity index (χ0) is 17.2. The third kappa shape index (κ3) is 1.95. The van der Waals surface area contributed by atoms with Gasteiger partial charge in [-0.25, -0.2) is 4.98 Å². The van der Waals surface area contributed by atoms with Crippen LogP contribution in [-0.4, -0.2) is 15.5 Å². The van der Waals surface area contributed by atoms with E-state index in [4.69, 9.17) is 5.73 Å². The molecule has 2 aromatic rings. The number of hydrogen-bond donors (Lipinski definition) is 3. The second kappa shape index (κ2) is 4.84. The standard InChI is InChI=1S/C18H19N5O2/c19-14-8-12-11(9-20-14)6-10-7-13-16(24)22-18(4-2-1-3-5-18)23(13)17(25)15(10)21-12/h7-9,21H,1-6H2,(H2,19,20)(H,22,24). The number of aromatic nitrogens is 2. The monoisotopic (exact) mass is 337 g/mol. The van der Waals surface area contributed by atoms with Gasteiger partial charge in [-0.1, -0.05) is 6.42 Å². The average Bonchev–Trinajstić information content (AvgIpc) is 2.86. The topological polar surface area (TPSA) is 102 Å². The number of nitrogens with one attached hydrogen (secondary N) is 2. The van der Waals surface area contributed by atoms with Gasteiger partial charge < -0.3 is 16.4 Å². The van der Waals surface area contributed by atoms with Crippen LogP contribution in [0.4, 0.5) is 17.2 Å². The number of rotatable bonds is 0. The molecule has 1 fully saturated rings. The highest BCUT2D eigenvalue weighted by Gasteiger charge is 2.45. The van der Waals surface area contributed by atoms with Crippen LogP contribution in [0.1, 0.15) is 53.7 Å². The summed E-state index contributed by atoms with van der Waals surface area (Å²) in [5.74, 6) is 0.264. The highest BCUT2D eigenvalue weighted by molar-refractivity contribution is 5.96. The van der Waals surface area contributed by atoms with Gasteiger partial charge in [0, 0.05) is 24.4 Å². The largest absolute Gasteiger partial charge is 0.384 e. The summed E-state index contributed by atoms with van der Waals surface area (Å²) in [4.78, 5) is 29.9. The number of pyridine rings is 2. The Balaban J connectivity index is 1.69. The Morgan fingerprint density at radius 1 is 1.12 bits per heavy atom. The number of anilines is 3. The lowest BCUT2D eigenvalue weighted by Gasteiger charge is -2.35. The second-order valence-electron chi connectivity index (χ2n) is 7.18. The Morgan fingerprint density at radius 2 is 1.92 bits per heavy atom. The van der Waals surface area contributed by atoms with Crippen LogP contribution in [0.3, 0.4) is 0 Å². The van der Waals surface area contributed by atoms with E-state index in [0.29, 0.717) is 23.6 Å². The predicted molar refractivity (Wildman–Crippen MR) is 94.0 cm³/mol. The van der Waals surface area contributed by atoms with Gasteiger partial charge in [0.25, 0.3) is 11.5 Å². The maximum atomic E-state index is 13.3.